The number of nitrogens with one attached hydrogen (secondary N) is 2. The topological polar surface area (TPSA) is 87.3 Å². The second-order valence-electron chi connectivity index (χ2n) is 5.32. The Balaban J connectivity index is 2.20. The maximum absolute atomic E-state index is 12.7. The van der Waals surface area contributed by atoms with Gasteiger partial charge in [-0.3, -0.25) is 5.10 Å². The first-order valence-electron chi connectivity index (χ1n) is 7.28. The number of rotatable bonds is 7. The van der Waals surface area contributed by atoms with Gasteiger partial charge in [-0.15, -0.1) is 0 Å². The molecule has 0 aliphatic carbocycles. The molecule has 1 saturated heterocycles. The summed E-state index contributed by atoms with van der Waals surface area (Å²) in [5.41, 5.74) is 1.52. The maximum atomic E-state index is 12.7. The molecule has 1 fully saturated rings. The third kappa shape index (κ3) is 3.45. The summed E-state index contributed by atoms with van der Waals surface area (Å²) in [6.45, 7) is 6.14. The molecule has 1 aromatic heterocycles. The van der Waals surface area contributed by atoms with Crippen molar-refractivity contribution in [3.8, 4) is 0 Å². The van der Waals surface area contributed by atoms with Gasteiger partial charge in [-0.25, -0.2) is 8.42 Å². The van der Waals surface area contributed by atoms with Crippen molar-refractivity contribution in [1.29, 1.82) is 0 Å². The van der Waals surface area contributed by atoms with Crippen LogP contribution in [0.15, 0.2) is 5.03 Å². The average Bonchev–Trinajstić information content (AvgIpc) is 3.07. The van der Waals surface area contributed by atoms with Gasteiger partial charge in [-0.1, -0.05) is 6.92 Å². The smallest absolute Gasteiger partial charge is 0.262 e. The van der Waals surface area contributed by atoms with E-state index in [9.17, 15) is 8.42 Å². The van der Waals surface area contributed by atoms with Crippen LogP contribution in [0, 0.1) is 6.92 Å². The normalized spacial score (nSPS) is 20.2. The molecule has 0 bridgehead atoms. The lowest BCUT2D eigenvalue weighted by molar-refractivity contribution is 0.115. The minimum absolute atomic E-state index is 0.0264. The molecule has 1 aliphatic rings. The SMILES string of the molecule is CCCNCc1c(S(=O)(=O)N2CCC(OC)C2)n[nH]c1C. The Kier molecular flexibility index (Phi) is 5.37. The number of aromatic amines is 1. The molecule has 8 heteroatoms. The average molecular weight is 316 g/mol. The zero-order valence-corrected chi connectivity index (χ0v) is 13.7. The minimum Gasteiger partial charge on any atom is -0.380 e. The molecule has 1 atom stereocenters. The number of sulfonamides is 1. The number of hydrogen-bond donors (Lipinski definition) is 2. The molecule has 2 rings (SSSR count). The van der Waals surface area contributed by atoms with Crippen LogP contribution in [0.5, 0.6) is 0 Å². The lowest BCUT2D eigenvalue weighted by atomic mass is 10.2. The Labute approximate surface area is 126 Å². The zero-order valence-electron chi connectivity index (χ0n) is 12.8. The molecule has 1 aromatic rings. The highest BCUT2D eigenvalue weighted by atomic mass is 32.2. The molecular formula is C13H24N4O3S. The highest BCUT2D eigenvalue weighted by Crippen LogP contribution is 2.24. The second-order valence-corrected chi connectivity index (χ2v) is 7.17. The summed E-state index contributed by atoms with van der Waals surface area (Å²) in [4.78, 5) is 0. The van der Waals surface area contributed by atoms with Gasteiger partial charge >= 0.3 is 0 Å². The fourth-order valence-electron chi connectivity index (χ4n) is 2.47. The summed E-state index contributed by atoms with van der Waals surface area (Å²) in [6, 6.07) is 0. The quantitative estimate of drug-likeness (QED) is 0.720. The van der Waals surface area contributed by atoms with Crippen molar-refractivity contribution >= 4 is 10.0 Å². The first-order valence-corrected chi connectivity index (χ1v) is 8.72. The highest BCUT2D eigenvalue weighted by Gasteiger charge is 2.35. The third-order valence-corrected chi connectivity index (χ3v) is 5.63. The highest BCUT2D eigenvalue weighted by molar-refractivity contribution is 7.89. The Morgan fingerprint density at radius 1 is 1.52 bits per heavy atom. The van der Waals surface area contributed by atoms with Crippen LogP contribution < -0.4 is 5.32 Å². The number of aryl methyl sites for hydroxylation is 1. The van der Waals surface area contributed by atoms with Gasteiger partial charge in [0, 0.05) is 38.0 Å². The number of ether oxygens (including phenoxy) is 1. The van der Waals surface area contributed by atoms with E-state index in [1.54, 1.807) is 7.11 Å². The van der Waals surface area contributed by atoms with Gasteiger partial charge in [-0.2, -0.15) is 9.40 Å². The molecule has 1 unspecified atom stereocenters. The van der Waals surface area contributed by atoms with Crippen molar-refractivity contribution in [2.75, 3.05) is 26.7 Å². The monoisotopic (exact) mass is 316 g/mol. The van der Waals surface area contributed by atoms with E-state index in [0.29, 0.717) is 19.6 Å². The molecule has 0 saturated carbocycles. The van der Waals surface area contributed by atoms with E-state index >= 15 is 0 Å². The Hall–Kier alpha value is -0.960. The standard InChI is InChI=1S/C13H24N4O3S/c1-4-6-14-8-12-10(2)15-16-13(12)21(18,19)17-7-5-11(9-17)20-3/h11,14H,4-9H2,1-3H3,(H,15,16). The minimum atomic E-state index is -3.56. The summed E-state index contributed by atoms with van der Waals surface area (Å²) in [7, 11) is -1.95. The summed E-state index contributed by atoms with van der Waals surface area (Å²) in [6.07, 6.45) is 1.70. The zero-order chi connectivity index (χ0) is 15.5. The van der Waals surface area contributed by atoms with Gasteiger partial charge in [0.25, 0.3) is 10.0 Å². The molecule has 0 aromatic carbocycles. The van der Waals surface area contributed by atoms with Crippen LogP contribution in [-0.4, -0.2) is 55.8 Å². The number of methoxy groups -OCH3 is 1. The van der Waals surface area contributed by atoms with Crippen LogP contribution in [-0.2, 0) is 21.3 Å². The van der Waals surface area contributed by atoms with Crippen molar-refractivity contribution in [2.24, 2.45) is 0 Å². The number of nitrogens with zero attached hydrogens (tertiary/aromatic N) is 2. The number of hydrogen-bond acceptors (Lipinski definition) is 5. The molecule has 7 nitrogen and oxygen atoms in total. The lowest BCUT2D eigenvalue weighted by Gasteiger charge is -2.16. The van der Waals surface area contributed by atoms with E-state index in [4.69, 9.17) is 4.74 Å². The van der Waals surface area contributed by atoms with Gasteiger partial charge in [0.1, 0.15) is 0 Å². The van der Waals surface area contributed by atoms with Crippen LogP contribution in [0.3, 0.4) is 0 Å². The lowest BCUT2D eigenvalue weighted by Crippen LogP contribution is -2.31. The predicted molar refractivity (Wildman–Crippen MR) is 79.5 cm³/mol. The Morgan fingerprint density at radius 2 is 2.29 bits per heavy atom. The van der Waals surface area contributed by atoms with Crippen molar-refractivity contribution in [3.63, 3.8) is 0 Å². The molecule has 2 heterocycles. The van der Waals surface area contributed by atoms with Gasteiger partial charge in [0.05, 0.1) is 6.10 Å². The van der Waals surface area contributed by atoms with Crippen LogP contribution in [0.1, 0.15) is 31.0 Å². The second kappa shape index (κ2) is 6.87. The first kappa shape index (κ1) is 16.4. The van der Waals surface area contributed by atoms with Crippen molar-refractivity contribution in [3.05, 3.63) is 11.3 Å². The van der Waals surface area contributed by atoms with E-state index < -0.39 is 10.0 Å². The fraction of sp³-hybridized carbons (Fsp3) is 0.769. The summed E-state index contributed by atoms with van der Waals surface area (Å²) < 4.78 is 32.1. The first-order chi connectivity index (χ1) is 10.0. The molecule has 0 amide bonds. The predicted octanol–water partition coefficient (Wildman–Crippen LogP) is 0.627. The van der Waals surface area contributed by atoms with E-state index in [2.05, 4.69) is 22.4 Å². The summed E-state index contributed by atoms with van der Waals surface area (Å²) >= 11 is 0. The van der Waals surface area contributed by atoms with Gasteiger partial charge in [0.2, 0.25) is 0 Å². The van der Waals surface area contributed by atoms with Crippen molar-refractivity contribution < 1.29 is 13.2 Å². The Morgan fingerprint density at radius 3 is 2.90 bits per heavy atom. The van der Waals surface area contributed by atoms with E-state index in [-0.39, 0.29) is 11.1 Å². The van der Waals surface area contributed by atoms with Crippen molar-refractivity contribution in [2.45, 2.75) is 44.4 Å². The van der Waals surface area contributed by atoms with Gasteiger partial charge in [-0.05, 0) is 26.3 Å². The number of H-pyrrole nitrogens is 1. The van der Waals surface area contributed by atoms with Crippen molar-refractivity contribution in [1.82, 2.24) is 19.8 Å². The third-order valence-electron chi connectivity index (χ3n) is 3.79. The van der Waals surface area contributed by atoms with Crippen LogP contribution in [0.2, 0.25) is 0 Å². The number of aromatic nitrogens is 2. The molecule has 2 N–H and O–H groups in total. The van der Waals surface area contributed by atoms with Crippen LogP contribution in [0.4, 0.5) is 0 Å². The molecule has 21 heavy (non-hydrogen) atoms. The fourth-order valence-corrected chi connectivity index (χ4v) is 4.12. The Bertz CT molecular complexity index is 570. The largest absolute Gasteiger partial charge is 0.380 e. The van der Waals surface area contributed by atoms with E-state index in [1.165, 1.54) is 4.31 Å². The summed E-state index contributed by atoms with van der Waals surface area (Å²) in [5.74, 6) is 0. The van der Waals surface area contributed by atoms with Crippen LogP contribution in [0.25, 0.3) is 0 Å². The molecule has 120 valence electrons. The maximum Gasteiger partial charge on any atom is 0.262 e. The molecular weight excluding hydrogens is 292 g/mol. The summed E-state index contributed by atoms with van der Waals surface area (Å²) in [5, 5.41) is 10.2. The molecule has 1 aliphatic heterocycles. The molecule has 0 radical (unpaired) electrons. The molecule has 0 spiro atoms. The van der Waals surface area contributed by atoms with Gasteiger partial charge in [0.15, 0.2) is 5.03 Å². The van der Waals surface area contributed by atoms with Crippen LogP contribution >= 0.6 is 0 Å². The van der Waals surface area contributed by atoms with Gasteiger partial charge < -0.3 is 10.1 Å². The van der Waals surface area contributed by atoms with E-state index in [1.807, 2.05) is 6.92 Å². The van der Waals surface area contributed by atoms with E-state index in [0.717, 1.165) is 30.6 Å².